The number of anilines is 1. The second kappa shape index (κ2) is 7.37. The van der Waals surface area contributed by atoms with Gasteiger partial charge in [0.25, 0.3) is 11.5 Å². The molecular weight excluding hydrogens is 356 g/mol. The first kappa shape index (κ1) is 17.6. The number of rotatable bonds is 4. The van der Waals surface area contributed by atoms with Crippen molar-refractivity contribution in [3.05, 3.63) is 91.3 Å². The summed E-state index contributed by atoms with van der Waals surface area (Å²) in [4.78, 5) is 43.5. The predicted molar refractivity (Wildman–Crippen MR) is 98.8 cm³/mol. The van der Waals surface area contributed by atoms with Crippen molar-refractivity contribution >= 4 is 23.3 Å². The SMILES string of the molecule is Cc1ccc(NC(=O)c2c[nH]c(=O)n(Cc3ccccc3Cl)c2=O)nc1. The number of H-pyrrole nitrogens is 1. The lowest BCUT2D eigenvalue weighted by atomic mass is 10.2. The van der Waals surface area contributed by atoms with Crippen LogP contribution in [0.2, 0.25) is 5.02 Å². The first-order valence-corrected chi connectivity index (χ1v) is 8.13. The van der Waals surface area contributed by atoms with Crippen LogP contribution in [0, 0.1) is 6.92 Å². The van der Waals surface area contributed by atoms with Crippen LogP contribution < -0.4 is 16.6 Å². The predicted octanol–water partition coefficient (Wildman–Crippen LogP) is 2.19. The fourth-order valence-corrected chi connectivity index (χ4v) is 2.54. The van der Waals surface area contributed by atoms with Gasteiger partial charge < -0.3 is 10.3 Å². The number of carbonyl (C=O) groups is 1. The van der Waals surface area contributed by atoms with Gasteiger partial charge >= 0.3 is 5.69 Å². The van der Waals surface area contributed by atoms with Gasteiger partial charge in [-0.3, -0.25) is 14.2 Å². The van der Waals surface area contributed by atoms with Gasteiger partial charge in [0.1, 0.15) is 11.4 Å². The molecule has 1 amide bonds. The lowest BCUT2D eigenvalue weighted by Crippen LogP contribution is -2.39. The molecule has 26 heavy (non-hydrogen) atoms. The number of pyridine rings is 1. The number of nitrogens with one attached hydrogen (secondary N) is 2. The Labute approximate surface area is 153 Å². The summed E-state index contributed by atoms with van der Waals surface area (Å²) in [5, 5.41) is 2.96. The van der Waals surface area contributed by atoms with Crippen LogP contribution in [0.3, 0.4) is 0 Å². The third kappa shape index (κ3) is 3.73. The molecule has 0 aliphatic rings. The van der Waals surface area contributed by atoms with Gasteiger partial charge in [0, 0.05) is 17.4 Å². The van der Waals surface area contributed by atoms with Crippen molar-refractivity contribution < 1.29 is 4.79 Å². The first-order chi connectivity index (χ1) is 12.5. The number of benzene rings is 1. The quantitative estimate of drug-likeness (QED) is 0.735. The third-order valence-electron chi connectivity index (χ3n) is 3.74. The molecule has 7 nitrogen and oxygen atoms in total. The highest BCUT2D eigenvalue weighted by atomic mass is 35.5. The zero-order valence-electron chi connectivity index (χ0n) is 13.8. The van der Waals surface area contributed by atoms with Crippen molar-refractivity contribution in [2.75, 3.05) is 5.32 Å². The summed E-state index contributed by atoms with van der Waals surface area (Å²) in [6.07, 6.45) is 2.69. The van der Waals surface area contributed by atoms with Crippen LogP contribution in [-0.2, 0) is 6.54 Å². The van der Waals surface area contributed by atoms with E-state index in [-0.39, 0.29) is 12.1 Å². The molecule has 0 radical (unpaired) electrons. The van der Waals surface area contributed by atoms with E-state index in [0.29, 0.717) is 16.4 Å². The third-order valence-corrected chi connectivity index (χ3v) is 4.11. The molecule has 2 N–H and O–H groups in total. The summed E-state index contributed by atoms with van der Waals surface area (Å²) in [5.74, 6) is -0.348. The van der Waals surface area contributed by atoms with E-state index < -0.39 is 17.2 Å². The average molecular weight is 371 g/mol. The second-order valence-electron chi connectivity index (χ2n) is 5.67. The summed E-state index contributed by atoms with van der Waals surface area (Å²) < 4.78 is 0.929. The molecule has 0 bridgehead atoms. The van der Waals surface area contributed by atoms with Gasteiger partial charge in [-0.25, -0.2) is 9.78 Å². The first-order valence-electron chi connectivity index (χ1n) is 7.75. The molecule has 0 unspecified atom stereocenters. The average Bonchev–Trinajstić information content (AvgIpc) is 2.62. The number of aromatic nitrogens is 3. The van der Waals surface area contributed by atoms with Crippen molar-refractivity contribution in [1.82, 2.24) is 14.5 Å². The molecule has 0 saturated carbocycles. The highest BCUT2D eigenvalue weighted by Gasteiger charge is 2.16. The maximum Gasteiger partial charge on any atom is 0.328 e. The van der Waals surface area contributed by atoms with Gasteiger partial charge in [-0.05, 0) is 30.2 Å². The van der Waals surface area contributed by atoms with Crippen LogP contribution in [0.15, 0.2) is 58.4 Å². The Hall–Kier alpha value is -3.19. The molecule has 8 heteroatoms. The number of nitrogens with zero attached hydrogens (tertiary/aromatic N) is 2. The van der Waals surface area contributed by atoms with Crippen molar-refractivity contribution in [3.8, 4) is 0 Å². The fraction of sp³-hybridized carbons (Fsp3) is 0.111. The monoisotopic (exact) mass is 370 g/mol. The maximum atomic E-state index is 12.6. The Kier molecular flexibility index (Phi) is 4.99. The number of carbonyl (C=O) groups excluding carboxylic acids is 1. The zero-order valence-corrected chi connectivity index (χ0v) is 14.6. The van der Waals surface area contributed by atoms with Crippen LogP contribution >= 0.6 is 11.6 Å². The summed E-state index contributed by atoms with van der Waals surface area (Å²) >= 11 is 6.09. The van der Waals surface area contributed by atoms with Crippen molar-refractivity contribution in [2.24, 2.45) is 0 Å². The number of aromatic amines is 1. The summed E-state index contributed by atoms with van der Waals surface area (Å²) in [6, 6.07) is 10.3. The highest BCUT2D eigenvalue weighted by molar-refractivity contribution is 6.31. The zero-order chi connectivity index (χ0) is 18.7. The van der Waals surface area contributed by atoms with E-state index in [1.165, 1.54) is 0 Å². The van der Waals surface area contributed by atoms with Gasteiger partial charge in [0.2, 0.25) is 0 Å². The van der Waals surface area contributed by atoms with Gasteiger partial charge in [-0.1, -0.05) is 35.9 Å². The van der Waals surface area contributed by atoms with E-state index in [4.69, 9.17) is 11.6 Å². The molecule has 1 aromatic carbocycles. The van der Waals surface area contributed by atoms with Crippen molar-refractivity contribution in [2.45, 2.75) is 13.5 Å². The van der Waals surface area contributed by atoms with E-state index in [9.17, 15) is 14.4 Å². The van der Waals surface area contributed by atoms with Crippen molar-refractivity contribution in [1.29, 1.82) is 0 Å². The van der Waals surface area contributed by atoms with Gasteiger partial charge in [-0.2, -0.15) is 0 Å². The Morgan fingerprint density at radius 1 is 1.23 bits per heavy atom. The molecule has 0 fully saturated rings. The van der Waals surface area contributed by atoms with E-state index in [0.717, 1.165) is 16.3 Å². The van der Waals surface area contributed by atoms with Crippen LogP contribution in [0.25, 0.3) is 0 Å². The minimum Gasteiger partial charge on any atom is -0.313 e. The number of hydrogen-bond acceptors (Lipinski definition) is 4. The molecule has 132 valence electrons. The van der Waals surface area contributed by atoms with Gasteiger partial charge in [-0.15, -0.1) is 0 Å². The fourth-order valence-electron chi connectivity index (χ4n) is 2.34. The number of hydrogen-bond donors (Lipinski definition) is 2. The van der Waals surface area contributed by atoms with E-state index in [1.54, 1.807) is 42.6 Å². The summed E-state index contributed by atoms with van der Waals surface area (Å²) in [7, 11) is 0. The molecule has 0 spiro atoms. The topological polar surface area (TPSA) is 96.9 Å². The Morgan fingerprint density at radius 2 is 2.00 bits per heavy atom. The Balaban J connectivity index is 1.93. The molecule has 0 aliphatic carbocycles. The summed E-state index contributed by atoms with van der Waals surface area (Å²) in [6.45, 7) is 1.83. The van der Waals surface area contributed by atoms with Crippen LogP contribution in [0.5, 0.6) is 0 Å². The van der Waals surface area contributed by atoms with Crippen LogP contribution in [0.4, 0.5) is 5.82 Å². The van der Waals surface area contributed by atoms with E-state index in [1.807, 2.05) is 6.92 Å². The highest BCUT2D eigenvalue weighted by Crippen LogP contribution is 2.15. The molecule has 3 rings (SSSR count). The smallest absolute Gasteiger partial charge is 0.313 e. The molecule has 0 aliphatic heterocycles. The van der Waals surface area contributed by atoms with E-state index >= 15 is 0 Å². The molecule has 0 atom stereocenters. The molecular formula is C18H15ClN4O3. The lowest BCUT2D eigenvalue weighted by Gasteiger charge is -2.09. The maximum absolute atomic E-state index is 12.6. The van der Waals surface area contributed by atoms with Crippen molar-refractivity contribution in [3.63, 3.8) is 0 Å². The van der Waals surface area contributed by atoms with E-state index in [2.05, 4.69) is 15.3 Å². The number of amides is 1. The second-order valence-corrected chi connectivity index (χ2v) is 6.07. The van der Waals surface area contributed by atoms with Gasteiger partial charge in [0.15, 0.2) is 0 Å². The lowest BCUT2D eigenvalue weighted by molar-refractivity contribution is 0.102. The molecule has 2 heterocycles. The Morgan fingerprint density at radius 3 is 2.69 bits per heavy atom. The van der Waals surface area contributed by atoms with Crippen LogP contribution in [-0.4, -0.2) is 20.4 Å². The Bertz CT molecular complexity index is 1070. The minimum absolute atomic E-state index is 0.0439. The largest absolute Gasteiger partial charge is 0.328 e. The minimum atomic E-state index is -0.710. The van der Waals surface area contributed by atoms with Gasteiger partial charge in [0.05, 0.1) is 6.54 Å². The number of aryl methyl sites for hydroxylation is 1. The standard InChI is InChI=1S/C18H15ClN4O3/c1-11-6-7-15(20-8-11)22-16(24)13-9-21-18(26)23(17(13)25)10-12-4-2-3-5-14(12)19/h2-9H,10H2,1H3,(H,21,26)(H,20,22,24). The molecule has 3 aromatic rings. The van der Waals surface area contributed by atoms with Crippen LogP contribution in [0.1, 0.15) is 21.5 Å². The normalized spacial score (nSPS) is 10.5. The summed E-state index contributed by atoms with van der Waals surface area (Å²) in [5.41, 5.74) is 0.00547. The molecule has 2 aromatic heterocycles. The molecule has 0 saturated heterocycles. The number of halogens is 1.